The maximum atomic E-state index is 11.3. The van der Waals surface area contributed by atoms with Crippen molar-refractivity contribution in [2.24, 2.45) is 0 Å². The van der Waals surface area contributed by atoms with Crippen LogP contribution in [0, 0.1) is 0 Å². The van der Waals surface area contributed by atoms with Crippen LogP contribution in [0.2, 0.25) is 0 Å². The van der Waals surface area contributed by atoms with Crippen molar-refractivity contribution in [2.45, 2.75) is 6.92 Å². The molecule has 0 aliphatic rings. The van der Waals surface area contributed by atoms with Crippen molar-refractivity contribution >= 4 is 7.60 Å². The molecule has 0 bridgehead atoms. The summed E-state index contributed by atoms with van der Waals surface area (Å²) in [7, 11) is -3.51. The van der Waals surface area contributed by atoms with E-state index in [1.165, 1.54) is 0 Å². The second-order valence-corrected chi connectivity index (χ2v) is 6.36. The minimum absolute atomic E-state index is 0.0486. The SMILES string of the molecule is CCP(=O)(O)OCC[N+](CCO)(CCO)CCO. The number of hydrogen-bond acceptors (Lipinski definition) is 5. The number of hydrogen-bond donors (Lipinski definition) is 4. The number of rotatable bonds is 11. The molecule has 8 heteroatoms. The van der Waals surface area contributed by atoms with Crippen LogP contribution in [-0.4, -0.2) is 83.5 Å². The van der Waals surface area contributed by atoms with E-state index in [9.17, 15) is 9.46 Å². The third-order valence-electron chi connectivity index (χ3n) is 2.98. The van der Waals surface area contributed by atoms with Gasteiger partial charge in [-0.25, -0.2) is 0 Å². The molecule has 0 aromatic rings. The zero-order valence-corrected chi connectivity index (χ0v) is 11.8. The molecule has 0 aromatic heterocycles. The molecule has 0 heterocycles. The molecule has 0 rings (SSSR count). The van der Waals surface area contributed by atoms with E-state index in [4.69, 9.17) is 19.8 Å². The van der Waals surface area contributed by atoms with Crippen molar-refractivity contribution in [1.82, 2.24) is 0 Å². The lowest BCUT2D eigenvalue weighted by molar-refractivity contribution is -0.929. The molecule has 110 valence electrons. The van der Waals surface area contributed by atoms with Gasteiger partial charge in [0.05, 0.1) is 19.8 Å². The highest BCUT2D eigenvalue weighted by Gasteiger charge is 2.27. The van der Waals surface area contributed by atoms with E-state index < -0.39 is 7.60 Å². The van der Waals surface area contributed by atoms with Crippen LogP contribution in [0.4, 0.5) is 0 Å². The molecule has 0 saturated carbocycles. The molecule has 0 fully saturated rings. The molecule has 0 spiro atoms. The quantitative estimate of drug-likeness (QED) is 0.287. The lowest BCUT2D eigenvalue weighted by atomic mass is 10.3. The molecule has 4 N–H and O–H groups in total. The number of nitrogens with zero attached hydrogens (tertiary/aromatic N) is 1. The molecule has 0 saturated heterocycles. The summed E-state index contributed by atoms with van der Waals surface area (Å²) in [5.41, 5.74) is 0. The fourth-order valence-electron chi connectivity index (χ4n) is 1.78. The van der Waals surface area contributed by atoms with Crippen LogP contribution in [0.3, 0.4) is 0 Å². The van der Waals surface area contributed by atoms with Crippen LogP contribution in [0.25, 0.3) is 0 Å². The Morgan fingerprint density at radius 1 is 1.00 bits per heavy atom. The average molecular weight is 286 g/mol. The minimum atomic E-state index is -3.51. The van der Waals surface area contributed by atoms with Gasteiger partial charge < -0.3 is 29.2 Å². The number of quaternary nitrogens is 1. The molecule has 7 nitrogen and oxygen atoms in total. The van der Waals surface area contributed by atoms with Crippen LogP contribution in [0.1, 0.15) is 6.92 Å². The lowest BCUT2D eigenvalue weighted by Crippen LogP contribution is -2.54. The van der Waals surface area contributed by atoms with Gasteiger partial charge in [0.15, 0.2) is 0 Å². The van der Waals surface area contributed by atoms with E-state index in [-0.39, 0.29) is 37.1 Å². The Bertz CT molecular complexity index is 246. The highest BCUT2D eigenvalue weighted by atomic mass is 31.2. The molecule has 0 radical (unpaired) electrons. The fraction of sp³-hybridized carbons (Fsp3) is 1.00. The summed E-state index contributed by atoms with van der Waals surface area (Å²) < 4.78 is 16.5. The Morgan fingerprint density at radius 2 is 1.44 bits per heavy atom. The second kappa shape index (κ2) is 8.98. The fourth-order valence-corrected chi connectivity index (χ4v) is 2.33. The van der Waals surface area contributed by atoms with Crippen molar-refractivity contribution in [3.8, 4) is 0 Å². The summed E-state index contributed by atoms with van der Waals surface area (Å²) in [5.74, 6) is 0. The summed E-state index contributed by atoms with van der Waals surface area (Å²) in [6.45, 7) is 2.86. The van der Waals surface area contributed by atoms with Crippen molar-refractivity contribution in [3.05, 3.63) is 0 Å². The molecular formula is C10H25NO6P+. The van der Waals surface area contributed by atoms with E-state index in [0.29, 0.717) is 26.2 Å². The maximum absolute atomic E-state index is 11.3. The van der Waals surface area contributed by atoms with Gasteiger partial charge in [-0.2, -0.15) is 0 Å². The van der Waals surface area contributed by atoms with Gasteiger partial charge in [-0.05, 0) is 0 Å². The normalized spacial score (nSPS) is 15.6. The van der Waals surface area contributed by atoms with Gasteiger partial charge in [-0.1, -0.05) is 6.92 Å². The minimum Gasteiger partial charge on any atom is -0.391 e. The standard InChI is InChI=1S/C10H24NO6P/c1-2-18(15,16)17-10-6-11(3-7-12,4-8-13)5-9-14/h12-14H,2-10H2,1H3/p+1. The van der Waals surface area contributed by atoms with E-state index in [1.807, 2.05) is 0 Å². The van der Waals surface area contributed by atoms with Crippen LogP contribution in [0.5, 0.6) is 0 Å². The van der Waals surface area contributed by atoms with Gasteiger partial charge in [0, 0.05) is 6.16 Å². The zero-order valence-electron chi connectivity index (χ0n) is 10.9. The molecule has 0 aromatic carbocycles. The molecule has 1 atom stereocenters. The third-order valence-corrected chi connectivity index (χ3v) is 4.37. The predicted molar refractivity (Wildman–Crippen MR) is 67.3 cm³/mol. The first-order valence-corrected chi connectivity index (χ1v) is 7.85. The Morgan fingerprint density at radius 3 is 1.78 bits per heavy atom. The third kappa shape index (κ3) is 6.80. The highest BCUT2D eigenvalue weighted by Crippen LogP contribution is 2.40. The van der Waals surface area contributed by atoms with Crippen LogP contribution in [-0.2, 0) is 9.09 Å². The number of aliphatic hydroxyl groups is 3. The van der Waals surface area contributed by atoms with Gasteiger partial charge in [-0.15, -0.1) is 0 Å². The lowest BCUT2D eigenvalue weighted by Gasteiger charge is -2.37. The van der Waals surface area contributed by atoms with Gasteiger partial charge in [0.2, 0.25) is 0 Å². The zero-order chi connectivity index (χ0) is 14.1. The smallest absolute Gasteiger partial charge is 0.328 e. The summed E-state index contributed by atoms with van der Waals surface area (Å²) >= 11 is 0. The largest absolute Gasteiger partial charge is 0.391 e. The average Bonchev–Trinajstić information content (AvgIpc) is 2.30. The topological polar surface area (TPSA) is 107 Å². The highest BCUT2D eigenvalue weighted by molar-refractivity contribution is 7.52. The number of aliphatic hydroxyl groups excluding tert-OH is 3. The Balaban J connectivity index is 4.42. The van der Waals surface area contributed by atoms with Crippen molar-refractivity contribution in [1.29, 1.82) is 0 Å². The van der Waals surface area contributed by atoms with E-state index in [0.717, 1.165) is 0 Å². The molecule has 0 aliphatic heterocycles. The first-order chi connectivity index (χ1) is 8.45. The summed E-state index contributed by atoms with van der Waals surface area (Å²) in [6.07, 6.45) is 0.0486. The first kappa shape index (κ1) is 18.0. The van der Waals surface area contributed by atoms with E-state index in [1.54, 1.807) is 6.92 Å². The Labute approximate surface area is 108 Å². The van der Waals surface area contributed by atoms with Crippen LogP contribution >= 0.6 is 7.60 Å². The van der Waals surface area contributed by atoms with E-state index in [2.05, 4.69) is 0 Å². The Kier molecular flexibility index (Phi) is 8.98. The second-order valence-electron chi connectivity index (χ2n) is 4.19. The molecule has 0 amide bonds. The van der Waals surface area contributed by atoms with Gasteiger partial charge in [0.25, 0.3) is 0 Å². The van der Waals surface area contributed by atoms with Gasteiger partial charge in [-0.3, -0.25) is 4.57 Å². The van der Waals surface area contributed by atoms with Gasteiger partial charge in [0.1, 0.15) is 32.8 Å². The van der Waals surface area contributed by atoms with Crippen molar-refractivity contribution in [2.75, 3.05) is 58.8 Å². The van der Waals surface area contributed by atoms with Crippen LogP contribution in [0.15, 0.2) is 0 Å². The van der Waals surface area contributed by atoms with Crippen LogP contribution < -0.4 is 0 Å². The summed E-state index contributed by atoms with van der Waals surface area (Å²) in [6, 6.07) is 0. The monoisotopic (exact) mass is 286 g/mol. The van der Waals surface area contributed by atoms with E-state index >= 15 is 0 Å². The molecule has 1 unspecified atom stereocenters. The van der Waals surface area contributed by atoms with Crippen molar-refractivity contribution in [3.63, 3.8) is 0 Å². The first-order valence-electron chi connectivity index (χ1n) is 6.09. The predicted octanol–water partition coefficient (Wildman–Crippen LogP) is -0.998. The Hall–Kier alpha value is -0.0100. The molecule has 0 aliphatic carbocycles. The summed E-state index contributed by atoms with van der Waals surface area (Å²) in [5, 5.41) is 27.1. The molecule has 18 heavy (non-hydrogen) atoms. The maximum Gasteiger partial charge on any atom is 0.328 e. The molecular weight excluding hydrogens is 261 g/mol. The van der Waals surface area contributed by atoms with Gasteiger partial charge >= 0.3 is 7.60 Å². The van der Waals surface area contributed by atoms with Crippen molar-refractivity contribution < 1.29 is 33.8 Å². The summed E-state index contributed by atoms with van der Waals surface area (Å²) in [4.78, 5) is 9.29.